The van der Waals surface area contributed by atoms with E-state index in [4.69, 9.17) is 0 Å². The van der Waals surface area contributed by atoms with Crippen molar-refractivity contribution in [1.82, 2.24) is 14.3 Å². The van der Waals surface area contributed by atoms with Crippen LogP contribution in [0.3, 0.4) is 0 Å². The van der Waals surface area contributed by atoms with Crippen molar-refractivity contribution in [2.75, 3.05) is 19.3 Å². The van der Waals surface area contributed by atoms with Gasteiger partial charge in [-0.05, 0) is 59.1 Å². The maximum Gasteiger partial charge on any atom is 0.244 e. The van der Waals surface area contributed by atoms with Gasteiger partial charge in [-0.2, -0.15) is 4.31 Å². The Morgan fingerprint density at radius 2 is 1.76 bits per heavy atom. The van der Waals surface area contributed by atoms with Gasteiger partial charge in [0.25, 0.3) is 0 Å². The van der Waals surface area contributed by atoms with Gasteiger partial charge in [0.05, 0.1) is 20.8 Å². The molecule has 1 aliphatic rings. The Bertz CT molecular complexity index is 1240. The Labute approximate surface area is 178 Å². The lowest BCUT2D eigenvalue weighted by Crippen LogP contribution is -2.38. The zero-order valence-electron chi connectivity index (χ0n) is 15.7. The van der Waals surface area contributed by atoms with E-state index < -0.39 is 19.9 Å². The summed E-state index contributed by atoms with van der Waals surface area (Å²) < 4.78 is 51.7. The summed E-state index contributed by atoms with van der Waals surface area (Å²) in [6.07, 6.45) is 2.34. The van der Waals surface area contributed by atoms with E-state index in [1.807, 2.05) is 24.3 Å². The molecule has 2 aromatic carbocycles. The minimum atomic E-state index is -3.81. The number of piperidine rings is 1. The van der Waals surface area contributed by atoms with E-state index in [1.165, 1.54) is 22.5 Å². The highest BCUT2D eigenvalue weighted by Crippen LogP contribution is 2.33. The SMILES string of the molecule is CS(=O)(=O)c1ccc(Br)c(S(=O)(=O)N2CCC(c3nc4ccccc4[nH]3)CC2)c1. The largest absolute Gasteiger partial charge is 0.342 e. The van der Waals surface area contributed by atoms with Crippen LogP contribution in [0.2, 0.25) is 0 Å². The van der Waals surface area contributed by atoms with Crippen LogP contribution >= 0.6 is 15.9 Å². The van der Waals surface area contributed by atoms with Crippen LogP contribution in [0.25, 0.3) is 11.0 Å². The first-order chi connectivity index (χ1) is 13.7. The molecule has 7 nitrogen and oxygen atoms in total. The molecule has 1 aliphatic heterocycles. The van der Waals surface area contributed by atoms with Crippen LogP contribution in [0.5, 0.6) is 0 Å². The lowest BCUT2D eigenvalue weighted by molar-refractivity contribution is 0.314. The smallest absolute Gasteiger partial charge is 0.244 e. The van der Waals surface area contributed by atoms with E-state index in [1.54, 1.807) is 0 Å². The third-order valence-electron chi connectivity index (χ3n) is 5.20. The number of sulfone groups is 1. The zero-order valence-corrected chi connectivity index (χ0v) is 18.9. The van der Waals surface area contributed by atoms with Gasteiger partial charge < -0.3 is 4.98 Å². The molecule has 0 aliphatic carbocycles. The van der Waals surface area contributed by atoms with Crippen LogP contribution in [0, 0.1) is 0 Å². The van der Waals surface area contributed by atoms with Crippen LogP contribution in [-0.2, 0) is 19.9 Å². The molecule has 154 valence electrons. The van der Waals surface area contributed by atoms with E-state index in [0.29, 0.717) is 30.4 Å². The predicted octanol–water partition coefficient (Wildman–Crippen LogP) is 3.30. The fourth-order valence-electron chi connectivity index (χ4n) is 3.59. The van der Waals surface area contributed by atoms with Gasteiger partial charge in [-0.25, -0.2) is 21.8 Å². The highest BCUT2D eigenvalue weighted by atomic mass is 79.9. The van der Waals surface area contributed by atoms with Gasteiger partial charge in [0.15, 0.2) is 9.84 Å². The minimum Gasteiger partial charge on any atom is -0.342 e. The summed E-state index contributed by atoms with van der Waals surface area (Å²) in [5.41, 5.74) is 1.87. The van der Waals surface area contributed by atoms with Crippen LogP contribution in [0.4, 0.5) is 0 Å². The maximum atomic E-state index is 13.1. The second-order valence-electron chi connectivity index (χ2n) is 7.18. The number of sulfonamides is 1. The average molecular weight is 498 g/mol. The van der Waals surface area contributed by atoms with Crippen molar-refractivity contribution in [3.8, 4) is 0 Å². The first kappa shape index (κ1) is 20.5. The summed E-state index contributed by atoms with van der Waals surface area (Å²) in [4.78, 5) is 7.92. The molecule has 1 N–H and O–H groups in total. The fourth-order valence-corrected chi connectivity index (χ4v) is 6.73. The first-order valence-corrected chi connectivity index (χ1v) is 13.2. The quantitative estimate of drug-likeness (QED) is 0.595. The predicted molar refractivity (Wildman–Crippen MR) is 114 cm³/mol. The van der Waals surface area contributed by atoms with Gasteiger partial charge >= 0.3 is 0 Å². The van der Waals surface area contributed by atoms with Crippen LogP contribution in [-0.4, -0.2) is 50.5 Å². The van der Waals surface area contributed by atoms with Crippen LogP contribution < -0.4 is 0 Å². The highest BCUT2D eigenvalue weighted by molar-refractivity contribution is 9.10. The Hall–Kier alpha value is -1.75. The maximum absolute atomic E-state index is 13.1. The van der Waals surface area contributed by atoms with Crippen LogP contribution in [0.1, 0.15) is 24.6 Å². The molecule has 0 amide bonds. The number of fused-ring (bicyclic) bond motifs is 1. The number of benzene rings is 2. The fraction of sp³-hybridized carbons (Fsp3) is 0.316. The number of aromatic nitrogens is 2. The lowest BCUT2D eigenvalue weighted by atomic mass is 9.97. The molecule has 0 saturated carbocycles. The van der Waals surface area contributed by atoms with Gasteiger partial charge in [-0.15, -0.1) is 0 Å². The molecule has 3 aromatic rings. The molecular weight excluding hydrogens is 478 g/mol. The Morgan fingerprint density at radius 1 is 1.07 bits per heavy atom. The van der Waals surface area contributed by atoms with Crippen molar-refractivity contribution in [3.63, 3.8) is 0 Å². The number of halogens is 1. The molecule has 0 spiro atoms. The highest BCUT2D eigenvalue weighted by Gasteiger charge is 2.32. The van der Waals surface area contributed by atoms with E-state index in [-0.39, 0.29) is 15.7 Å². The molecule has 0 unspecified atom stereocenters. The van der Waals surface area contributed by atoms with Gasteiger partial charge in [0.2, 0.25) is 10.0 Å². The van der Waals surface area contributed by atoms with E-state index in [9.17, 15) is 16.8 Å². The summed E-state index contributed by atoms with van der Waals surface area (Å²) in [5, 5.41) is 0. The molecule has 0 bridgehead atoms. The third kappa shape index (κ3) is 3.98. The molecule has 29 heavy (non-hydrogen) atoms. The topological polar surface area (TPSA) is 100 Å². The number of hydrogen-bond donors (Lipinski definition) is 1. The van der Waals surface area contributed by atoms with Crippen molar-refractivity contribution in [2.45, 2.75) is 28.6 Å². The summed E-state index contributed by atoms with van der Waals surface area (Å²) in [6, 6.07) is 11.9. The van der Waals surface area contributed by atoms with Gasteiger partial charge in [-0.3, -0.25) is 0 Å². The van der Waals surface area contributed by atoms with Crippen molar-refractivity contribution in [1.29, 1.82) is 0 Å². The first-order valence-electron chi connectivity index (χ1n) is 9.10. The Kier molecular flexibility index (Phi) is 5.30. The molecule has 0 radical (unpaired) electrons. The number of nitrogens with one attached hydrogen (secondary N) is 1. The number of H-pyrrole nitrogens is 1. The van der Waals surface area contributed by atoms with E-state index >= 15 is 0 Å². The number of para-hydroxylation sites is 2. The van der Waals surface area contributed by atoms with Crippen molar-refractivity contribution in [3.05, 3.63) is 52.8 Å². The second kappa shape index (κ2) is 7.50. The molecule has 1 fully saturated rings. The summed E-state index contributed by atoms with van der Waals surface area (Å²) in [5.74, 6) is 1.03. The lowest BCUT2D eigenvalue weighted by Gasteiger charge is -2.30. The standard InChI is InChI=1S/C19H20BrN3O4S2/c1-28(24,25)14-6-7-15(20)18(12-14)29(26,27)23-10-8-13(9-11-23)19-21-16-4-2-3-5-17(16)22-19/h2-7,12-13H,8-11H2,1H3,(H,21,22). The van der Waals surface area contributed by atoms with Gasteiger partial charge in [0.1, 0.15) is 5.82 Å². The summed E-state index contributed by atoms with van der Waals surface area (Å²) >= 11 is 3.25. The van der Waals surface area contributed by atoms with Gasteiger partial charge in [-0.1, -0.05) is 12.1 Å². The number of nitrogens with zero attached hydrogens (tertiary/aromatic N) is 2. The molecule has 1 aromatic heterocycles. The number of rotatable bonds is 4. The zero-order chi connectivity index (χ0) is 20.8. The Morgan fingerprint density at radius 3 is 2.41 bits per heavy atom. The summed E-state index contributed by atoms with van der Waals surface area (Å²) in [6.45, 7) is 0.694. The monoisotopic (exact) mass is 497 g/mol. The van der Waals surface area contributed by atoms with Crippen molar-refractivity contribution >= 4 is 46.8 Å². The number of hydrogen-bond acceptors (Lipinski definition) is 5. The Balaban J connectivity index is 1.56. The molecule has 0 atom stereocenters. The number of aromatic amines is 1. The van der Waals surface area contributed by atoms with E-state index in [0.717, 1.165) is 23.1 Å². The molecule has 1 saturated heterocycles. The van der Waals surface area contributed by atoms with Crippen LogP contribution in [0.15, 0.2) is 56.7 Å². The molecule has 4 rings (SSSR count). The normalized spacial score (nSPS) is 17.0. The summed E-state index contributed by atoms with van der Waals surface area (Å²) in [7, 11) is -7.32. The number of imidazole rings is 1. The van der Waals surface area contributed by atoms with E-state index in [2.05, 4.69) is 25.9 Å². The molecule has 10 heteroatoms. The third-order valence-corrected chi connectivity index (χ3v) is 9.20. The molecular formula is C19H20BrN3O4S2. The van der Waals surface area contributed by atoms with Crippen molar-refractivity contribution < 1.29 is 16.8 Å². The molecule has 2 heterocycles. The van der Waals surface area contributed by atoms with Crippen molar-refractivity contribution in [2.24, 2.45) is 0 Å². The second-order valence-corrected chi connectivity index (χ2v) is 12.0. The average Bonchev–Trinajstić information content (AvgIpc) is 3.11. The minimum absolute atomic E-state index is 0.0172. The van der Waals surface area contributed by atoms with Gasteiger partial charge in [0, 0.05) is 29.7 Å².